The summed E-state index contributed by atoms with van der Waals surface area (Å²) in [5.41, 5.74) is 3.19. The van der Waals surface area contributed by atoms with E-state index in [0.717, 1.165) is 28.2 Å². The molecule has 6 heteroatoms. The molecule has 6 nitrogen and oxygen atoms in total. The quantitative estimate of drug-likeness (QED) is 0.538. The molecule has 128 valence electrons. The van der Waals surface area contributed by atoms with Crippen molar-refractivity contribution in [3.8, 4) is 0 Å². The zero-order chi connectivity index (χ0) is 17.2. The number of rotatable bonds is 6. The van der Waals surface area contributed by atoms with Crippen LogP contribution in [-0.4, -0.2) is 19.9 Å². The van der Waals surface area contributed by atoms with Gasteiger partial charge in [-0.15, -0.1) is 5.10 Å². The van der Waals surface area contributed by atoms with Gasteiger partial charge in [-0.1, -0.05) is 16.8 Å². The Labute approximate surface area is 145 Å². The molecule has 1 aromatic carbocycles. The topological polar surface area (TPSA) is 60.2 Å². The first-order valence-corrected chi connectivity index (χ1v) is 8.25. The Kier molecular flexibility index (Phi) is 4.11. The number of hydrogen-bond donors (Lipinski definition) is 0. The van der Waals surface area contributed by atoms with Crippen molar-refractivity contribution in [1.29, 1.82) is 0 Å². The second-order valence-electron chi connectivity index (χ2n) is 6.33. The Morgan fingerprint density at radius 3 is 2.72 bits per heavy atom. The molecule has 0 atom stereocenters. The van der Waals surface area contributed by atoms with Gasteiger partial charge in [-0.2, -0.15) is 0 Å². The lowest BCUT2D eigenvalue weighted by molar-refractivity contribution is 0.206. The Morgan fingerprint density at radius 1 is 1.08 bits per heavy atom. The van der Waals surface area contributed by atoms with Gasteiger partial charge >= 0.3 is 0 Å². The highest BCUT2D eigenvalue weighted by atomic mass is 16.3. The Balaban J connectivity index is 1.58. The van der Waals surface area contributed by atoms with Gasteiger partial charge in [-0.25, -0.2) is 0 Å². The smallest absolute Gasteiger partial charge is 0.134 e. The van der Waals surface area contributed by atoms with E-state index in [-0.39, 0.29) is 0 Å². The number of benzene rings is 1. The molecule has 0 bridgehead atoms. The molecule has 25 heavy (non-hydrogen) atoms. The molecule has 0 N–H and O–H groups in total. The highest BCUT2D eigenvalue weighted by Crippen LogP contribution is 2.23. The minimum absolute atomic E-state index is 0.680. The lowest BCUT2D eigenvalue weighted by atomic mass is 10.2. The summed E-state index contributed by atoms with van der Waals surface area (Å²) in [5, 5.41) is 9.11. The predicted octanol–water partition coefficient (Wildman–Crippen LogP) is 3.67. The minimum Gasteiger partial charge on any atom is -0.468 e. The van der Waals surface area contributed by atoms with E-state index in [0.29, 0.717) is 19.6 Å². The van der Waals surface area contributed by atoms with Crippen molar-refractivity contribution < 1.29 is 8.83 Å². The van der Waals surface area contributed by atoms with Crippen LogP contribution >= 0.6 is 0 Å². The molecule has 3 heterocycles. The third-order valence-electron chi connectivity index (χ3n) is 4.26. The lowest BCUT2D eigenvalue weighted by Gasteiger charge is -2.19. The number of fused-ring (bicyclic) bond motifs is 1. The lowest BCUT2D eigenvalue weighted by Crippen LogP contribution is -2.23. The van der Waals surface area contributed by atoms with Gasteiger partial charge in [0.25, 0.3) is 0 Å². The van der Waals surface area contributed by atoms with E-state index in [4.69, 9.17) is 8.83 Å². The highest BCUT2D eigenvalue weighted by Gasteiger charge is 2.15. The molecule has 0 radical (unpaired) electrons. The van der Waals surface area contributed by atoms with Crippen LogP contribution in [0.3, 0.4) is 0 Å². The summed E-state index contributed by atoms with van der Waals surface area (Å²) < 4.78 is 13.3. The van der Waals surface area contributed by atoms with Crippen LogP contribution in [-0.2, 0) is 26.7 Å². The van der Waals surface area contributed by atoms with Crippen LogP contribution in [0.1, 0.15) is 22.8 Å². The normalized spacial score (nSPS) is 11.6. The van der Waals surface area contributed by atoms with Crippen LogP contribution in [0.15, 0.2) is 57.7 Å². The Hall–Kier alpha value is -2.86. The van der Waals surface area contributed by atoms with Crippen LogP contribution < -0.4 is 0 Å². The van der Waals surface area contributed by atoms with Crippen molar-refractivity contribution in [2.75, 3.05) is 0 Å². The second kappa shape index (κ2) is 6.57. The highest BCUT2D eigenvalue weighted by molar-refractivity contribution is 5.78. The summed E-state index contributed by atoms with van der Waals surface area (Å²) in [5.74, 6) is 1.85. The van der Waals surface area contributed by atoms with E-state index in [2.05, 4.69) is 40.3 Å². The van der Waals surface area contributed by atoms with E-state index >= 15 is 0 Å². The van der Waals surface area contributed by atoms with E-state index in [1.54, 1.807) is 17.1 Å². The molecule has 0 aliphatic rings. The average Bonchev–Trinajstić information content (AvgIpc) is 3.30. The molecule has 0 amide bonds. The van der Waals surface area contributed by atoms with E-state index in [9.17, 15) is 0 Å². The molecule has 4 rings (SSSR count). The van der Waals surface area contributed by atoms with Crippen molar-refractivity contribution in [2.45, 2.75) is 26.6 Å². The van der Waals surface area contributed by atoms with Crippen LogP contribution in [0.4, 0.5) is 0 Å². The fraction of sp³-hybridized carbons (Fsp3) is 0.263. The largest absolute Gasteiger partial charge is 0.468 e. The molecule has 0 aliphatic carbocycles. The molecular formula is C19H20N4O2. The molecule has 0 unspecified atom stereocenters. The first-order chi connectivity index (χ1) is 12.2. The Morgan fingerprint density at radius 2 is 1.96 bits per heavy atom. The maximum atomic E-state index is 6.01. The van der Waals surface area contributed by atoms with Gasteiger partial charge in [-0.3, -0.25) is 9.58 Å². The van der Waals surface area contributed by atoms with Crippen molar-refractivity contribution in [2.24, 2.45) is 7.05 Å². The minimum atomic E-state index is 0.680. The summed E-state index contributed by atoms with van der Waals surface area (Å²) >= 11 is 0. The second-order valence-corrected chi connectivity index (χ2v) is 6.33. The fourth-order valence-corrected chi connectivity index (χ4v) is 2.99. The molecule has 0 spiro atoms. The number of aryl methyl sites for hydroxylation is 2. The van der Waals surface area contributed by atoms with Gasteiger partial charge in [0.2, 0.25) is 0 Å². The van der Waals surface area contributed by atoms with Gasteiger partial charge in [0, 0.05) is 19.0 Å². The molecule has 0 saturated heterocycles. The van der Waals surface area contributed by atoms with Crippen LogP contribution in [0.2, 0.25) is 0 Å². The van der Waals surface area contributed by atoms with Gasteiger partial charge in [-0.05, 0) is 37.3 Å². The number of furan rings is 2. The third-order valence-corrected chi connectivity index (χ3v) is 4.26. The summed E-state index contributed by atoms with van der Waals surface area (Å²) in [6.07, 6.45) is 3.49. The molecule has 0 saturated carbocycles. The monoisotopic (exact) mass is 336 g/mol. The van der Waals surface area contributed by atoms with Gasteiger partial charge in [0.05, 0.1) is 31.2 Å². The molecule has 3 aromatic heterocycles. The van der Waals surface area contributed by atoms with Crippen LogP contribution in [0.25, 0.3) is 11.0 Å². The fourth-order valence-electron chi connectivity index (χ4n) is 2.99. The van der Waals surface area contributed by atoms with Crippen LogP contribution in [0.5, 0.6) is 0 Å². The summed E-state index contributed by atoms with van der Waals surface area (Å²) in [7, 11) is 1.90. The van der Waals surface area contributed by atoms with E-state index in [1.165, 1.54) is 5.56 Å². The average molecular weight is 336 g/mol. The predicted molar refractivity (Wildman–Crippen MR) is 93.6 cm³/mol. The maximum absolute atomic E-state index is 6.01. The molecular weight excluding hydrogens is 316 g/mol. The maximum Gasteiger partial charge on any atom is 0.134 e. The van der Waals surface area contributed by atoms with Gasteiger partial charge in [0.15, 0.2) is 0 Å². The van der Waals surface area contributed by atoms with Crippen molar-refractivity contribution in [3.63, 3.8) is 0 Å². The molecule has 0 aliphatic heterocycles. The zero-order valence-corrected chi connectivity index (χ0v) is 14.3. The van der Waals surface area contributed by atoms with E-state index in [1.807, 2.05) is 25.2 Å². The zero-order valence-electron chi connectivity index (χ0n) is 14.3. The SMILES string of the molecule is Cc1ccc2oc(CN(Cc3ccco3)Cc3cnnn3C)cc2c1. The first kappa shape index (κ1) is 15.7. The van der Waals surface area contributed by atoms with Gasteiger partial charge < -0.3 is 8.83 Å². The van der Waals surface area contributed by atoms with Gasteiger partial charge in [0.1, 0.15) is 17.1 Å². The summed E-state index contributed by atoms with van der Waals surface area (Å²) in [6, 6.07) is 12.2. The first-order valence-electron chi connectivity index (χ1n) is 8.25. The summed E-state index contributed by atoms with van der Waals surface area (Å²) in [4.78, 5) is 2.25. The summed E-state index contributed by atoms with van der Waals surface area (Å²) in [6.45, 7) is 4.17. The number of hydrogen-bond acceptors (Lipinski definition) is 5. The Bertz CT molecular complexity index is 969. The van der Waals surface area contributed by atoms with Crippen molar-refractivity contribution in [1.82, 2.24) is 19.9 Å². The number of aromatic nitrogens is 3. The van der Waals surface area contributed by atoms with Crippen molar-refractivity contribution in [3.05, 3.63) is 71.6 Å². The standard InChI is InChI=1S/C19H20N4O2/c1-14-5-6-19-15(8-14)9-18(25-19)13-23(12-17-4-3-7-24-17)11-16-10-20-21-22(16)2/h3-10H,11-13H2,1-2H3. The molecule has 0 fully saturated rings. The van der Waals surface area contributed by atoms with Crippen molar-refractivity contribution >= 4 is 11.0 Å². The molecule has 4 aromatic rings. The van der Waals surface area contributed by atoms with E-state index < -0.39 is 0 Å². The van der Waals surface area contributed by atoms with Crippen LogP contribution in [0, 0.1) is 6.92 Å². The third kappa shape index (κ3) is 3.49. The number of nitrogens with zero attached hydrogens (tertiary/aromatic N) is 4.